The monoisotopic (exact) mass is 330 g/mol. The minimum atomic E-state index is -0.126. The summed E-state index contributed by atoms with van der Waals surface area (Å²) in [6.45, 7) is 1.32. The molecule has 0 radical (unpaired) electrons. The van der Waals surface area contributed by atoms with Crippen LogP contribution in [0.25, 0.3) is 0 Å². The molecule has 1 saturated heterocycles. The van der Waals surface area contributed by atoms with Gasteiger partial charge in [-0.1, -0.05) is 25.3 Å². The largest absolute Gasteiger partial charge is 0.376 e. The first kappa shape index (κ1) is 17.0. The molecule has 0 bridgehead atoms. The Kier molecular flexibility index (Phi) is 5.86. The third kappa shape index (κ3) is 4.57. The van der Waals surface area contributed by atoms with Crippen molar-refractivity contribution in [1.29, 1.82) is 0 Å². The van der Waals surface area contributed by atoms with Gasteiger partial charge in [-0.25, -0.2) is 0 Å². The molecule has 0 unspecified atom stereocenters. The topological polar surface area (TPSA) is 67.4 Å². The van der Waals surface area contributed by atoms with Crippen molar-refractivity contribution in [3.8, 4) is 0 Å². The number of rotatable bonds is 5. The van der Waals surface area contributed by atoms with Crippen LogP contribution < -0.4 is 10.6 Å². The number of hydrogen-bond acceptors (Lipinski definition) is 3. The maximum Gasteiger partial charge on any atom is 0.251 e. The van der Waals surface area contributed by atoms with Crippen LogP contribution >= 0.6 is 0 Å². The third-order valence-corrected chi connectivity index (χ3v) is 4.88. The second kappa shape index (κ2) is 8.29. The summed E-state index contributed by atoms with van der Waals surface area (Å²) < 4.78 is 5.51. The van der Waals surface area contributed by atoms with E-state index in [4.69, 9.17) is 4.74 Å². The van der Waals surface area contributed by atoms with E-state index >= 15 is 0 Å². The number of carbonyl (C=O) groups is 2. The maximum absolute atomic E-state index is 12.3. The van der Waals surface area contributed by atoms with Crippen LogP contribution in [0.1, 0.15) is 55.3 Å². The number of nitrogens with one attached hydrogen (secondary N) is 2. The number of ether oxygens (including phenoxy) is 1. The lowest BCUT2D eigenvalue weighted by Gasteiger charge is -2.20. The van der Waals surface area contributed by atoms with Crippen LogP contribution in [0.3, 0.4) is 0 Å². The molecule has 1 heterocycles. The van der Waals surface area contributed by atoms with Gasteiger partial charge in [0, 0.05) is 30.3 Å². The highest BCUT2D eigenvalue weighted by molar-refractivity contribution is 5.97. The Balaban J connectivity index is 1.54. The Morgan fingerprint density at radius 1 is 1.08 bits per heavy atom. The van der Waals surface area contributed by atoms with Gasteiger partial charge in [-0.3, -0.25) is 9.59 Å². The van der Waals surface area contributed by atoms with Crippen LogP contribution in [-0.4, -0.2) is 31.1 Å². The average molecular weight is 330 g/mol. The summed E-state index contributed by atoms with van der Waals surface area (Å²) in [7, 11) is 0. The van der Waals surface area contributed by atoms with Crippen molar-refractivity contribution in [3.05, 3.63) is 29.8 Å². The average Bonchev–Trinajstić information content (AvgIpc) is 3.14. The van der Waals surface area contributed by atoms with E-state index < -0.39 is 0 Å². The Labute approximate surface area is 143 Å². The number of anilines is 1. The molecule has 1 aliphatic heterocycles. The first-order chi connectivity index (χ1) is 11.7. The summed E-state index contributed by atoms with van der Waals surface area (Å²) in [6, 6.07) is 7.14. The third-order valence-electron chi connectivity index (χ3n) is 4.88. The van der Waals surface area contributed by atoms with Crippen LogP contribution in [0.2, 0.25) is 0 Å². The molecule has 1 atom stereocenters. The van der Waals surface area contributed by atoms with Gasteiger partial charge in [-0.05, 0) is 43.9 Å². The smallest absolute Gasteiger partial charge is 0.251 e. The van der Waals surface area contributed by atoms with Crippen molar-refractivity contribution < 1.29 is 14.3 Å². The van der Waals surface area contributed by atoms with Gasteiger partial charge in [-0.2, -0.15) is 0 Å². The molecule has 5 heteroatoms. The van der Waals surface area contributed by atoms with Gasteiger partial charge in [0.25, 0.3) is 5.91 Å². The summed E-state index contributed by atoms with van der Waals surface area (Å²) in [4.78, 5) is 24.6. The molecule has 5 nitrogen and oxygen atoms in total. The number of carbonyl (C=O) groups excluding carboxylic acids is 2. The predicted octanol–water partition coefficient (Wildman–Crippen LogP) is 3.11. The fraction of sp³-hybridized carbons (Fsp3) is 0.579. The molecule has 1 saturated carbocycles. The van der Waals surface area contributed by atoms with E-state index in [2.05, 4.69) is 10.6 Å². The molecule has 24 heavy (non-hydrogen) atoms. The zero-order chi connectivity index (χ0) is 16.8. The van der Waals surface area contributed by atoms with E-state index in [0.717, 1.165) is 45.1 Å². The fourth-order valence-corrected chi connectivity index (χ4v) is 3.46. The van der Waals surface area contributed by atoms with Crippen LogP contribution in [0, 0.1) is 5.92 Å². The van der Waals surface area contributed by atoms with Gasteiger partial charge >= 0.3 is 0 Å². The molecule has 3 rings (SSSR count). The Morgan fingerprint density at radius 3 is 2.67 bits per heavy atom. The van der Waals surface area contributed by atoms with Gasteiger partial charge in [-0.15, -0.1) is 0 Å². The lowest BCUT2D eigenvalue weighted by atomic mass is 9.88. The summed E-state index contributed by atoms with van der Waals surface area (Å²) in [5, 5.41) is 5.87. The van der Waals surface area contributed by atoms with E-state index in [0.29, 0.717) is 17.8 Å². The molecule has 0 spiro atoms. The van der Waals surface area contributed by atoms with E-state index in [9.17, 15) is 9.59 Å². The summed E-state index contributed by atoms with van der Waals surface area (Å²) >= 11 is 0. The molecule has 130 valence electrons. The summed E-state index contributed by atoms with van der Waals surface area (Å²) in [5.41, 5.74) is 1.25. The van der Waals surface area contributed by atoms with Gasteiger partial charge < -0.3 is 15.4 Å². The van der Waals surface area contributed by atoms with E-state index in [-0.39, 0.29) is 23.8 Å². The zero-order valence-corrected chi connectivity index (χ0v) is 14.1. The highest BCUT2D eigenvalue weighted by atomic mass is 16.5. The molecule has 2 aliphatic rings. The molecule has 2 N–H and O–H groups in total. The SMILES string of the molecule is O=C(NC[C@@H]1CCCO1)c1cccc(NC(=O)C2CCCCC2)c1. The predicted molar refractivity (Wildman–Crippen MR) is 93.0 cm³/mol. The Bertz CT molecular complexity index is 576. The molecule has 2 amide bonds. The maximum atomic E-state index is 12.3. The standard InChI is InChI=1S/C19H26N2O3/c22-18(20-13-17-10-5-11-24-17)15-8-4-9-16(12-15)21-19(23)14-6-2-1-3-7-14/h4,8-9,12,14,17H,1-3,5-7,10-11,13H2,(H,20,22)(H,21,23)/t17-/m0/s1. The molecular weight excluding hydrogens is 304 g/mol. The Hall–Kier alpha value is -1.88. The molecule has 1 aliphatic carbocycles. The van der Waals surface area contributed by atoms with Crippen LogP contribution in [0.5, 0.6) is 0 Å². The van der Waals surface area contributed by atoms with Crippen LogP contribution in [0.4, 0.5) is 5.69 Å². The molecular formula is C19H26N2O3. The van der Waals surface area contributed by atoms with E-state index in [1.165, 1.54) is 6.42 Å². The van der Waals surface area contributed by atoms with Crippen molar-refractivity contribution in [2.24, 2.45) is 5.92 Å². The lowest BCUT2D eigenvalue weighted by Crippen LogP contribution is -2.31. The number of benzene rings is 1. The van der Waals surface area contributed by atoms with Crippen molar-refractivity contribution in [2.75, 3.05) is 18.5 Å². The Morgan fingerprint density at radius 2 is 1.92 bits per heavy atom. The van der Waals surface area contributed by atoms with Crippen molar-refractivity contribution in [1.82, 2.24) is 5.32 Å². The molecule has 2 fully saturated rings. The van der Waals surface area contributed by atoms with Crippen molar-refractivity contribution in [2.45, 2.75) is 51.0 Å². The first-order valence-electron chi connectivity index (χ1n) is 9.03. The second-order valence-corrected chi connectivity index (χ2v) is 6.75. The van der Waals surface area contributed by atoms with Crippen LogP contribution in [-0.2, 0) is 9.53 Å². The van der Waals surface area contributed by atoms with Crippen LogP contribution in [0.15, 0.2) is 24.3 Å². The minimum absolute atomic E-state index is 0.0756. The van der Waals surface area contributed by atoms with E-state index in [1.807, 2.05) is 6.07 Å². The highest BCUT2D eigenvalue weighted by Crippen LogP contribution is 2.25. The lowest BCUT2D eigenvalue weighted by molar-refractivity contribution is -0.120. The molecule has 0 aromatic heterocycles. The van der Waals surface area contributed by atoms with Crippen molar-refractivity contribution in [3.63, 3.8) is 0 Å². The number of hydrogen-bond donors (Lipinski definition) is 2. The summed E-state index contributed by atoms with van der Waals surface area (Å²) in [6.07, 6.45) is 7.60. The normalized spacial score (nSPS) is 21.4. The highest BCUT2D eigenvalue weighted by Gasteiger charge is 2.21. The first-order valence-corrected chi connectivity index (χ1v) is 9.03. The second-order valence-electron chi connectivity index (χ2n) is 6.75. The molecule has 1 aromatic rings. The fourth-order valence-electron chi connectivity index (χ4n) is 3.46. The number of amides is 2. The van der Waals surface area contributed by atoms with Gasteiger partial charge in [0.1, 0.15) is 0 Å². The van der Waals surface area contributed by atoms with Gasteiger partial charge in [0.05, 0.1) is 6.10 Å². The quantitative estimate of drug-likeness (QED) is 0.872. The molecule has 1 aromatic carbocycles. The zero-order valence-electron chi connectivity index (χ0n) is 14.1. The van der Waals surface area contributed by atoms with E-state index in [1.54, 1.807) is 18.2 Å². The minimum Gasteiger partial charge on any atom is -0.376 e. The van der Waals surface area contributed by atoms with Gasteiger partial charge in [0.2, 0.25) is 5.91 Å². The summed E-state index contributed by atoms with van der Waals surface area (Å²) in [5.74, 6) is 0.0571. The van der Waals surface area contributed by atoms with Gasteiger partial charge in [0.15, 0.2) is 0 Å². The van der Waals surface area contributed by atoms with Crippen molar-refractivity contribution >= 4 is 17.5 Å².